The van der Waals surface area contributed by atoms with Gasteiger partial charge in [0.2, 0.25) is 0 Å². The fourth-order valence-electron chi connectivity index (χ4n) is 4.11. The van der Waals surface area contributed by atoms with Gasteiger partial charge < -0.3 is 14.0 Å². The standard InChI is InChI=1S/C25H31NO3Si/c1-25(17-29-24-12-8-6-10-20(24)25)16-23(27)22-15-19-9-5-7-11-21(19)26(22)18-28-13-14-30(2,3)4/h5-12,15H,13-14,16-18H2,1-4H3. The molecule has 2 aromatic carbocycles. The van der Waals surface area contributed by atoms with Crippen LogP contribution in [0.5, 0.6) is 5.75 Å². The van der Waals surface area contributed by atoms with Crippen LogP contribution in [0.15, 0.2) is 54.6 Å². The molecule has 0 spiro atoms. The second kappa shape index (κ2) is 8.04. The summed E-state index contributed by atoms with van der Waals surface area (Å²) in [6, 6.07) is 19.3. The van der Waals surface area contributed by atoms with Crippen molar-refractivity contribution in [2.45, 2.75) is 51.2 Å². The molecule has 0 radical (unpaired) electrons. The number of carbonyl (C=O) groups excluding carboxylic acids is 1. The Labute approximate surface area is 179 Å². The maximum absolute atomic E-state index is 13.5. The first-order valence-corrected chi connectivity index (χ1v) is 14.4. The fraction of sp³-hybridized carbons (Fsp3) is 0.400. The van der Waals surface area contributed by atoms with E-state index in [0.717, 1.165) is 40.6 Å². The van der Waals surface area contributed by atoms with Crippen molar-refractivity contribution in [2.75, 3.05) is 13.2 Å². The van der Waals surface area contributed by atoms with E-state index in [0.29, 0.717) is 19.8 Å². The zero-order valence-electron chi connectivity index (χ0n) is 18.4. The summed E-state index contributed by atoms with van der Waals surface area (Å²) in [6.45, 7) is 10.8. The molecule has 2 heterocycles. The topological polar surface area (TPSA) is 40.5 Å². The van der Waals surface area contributed by atoms with Crippen molar-refractivity contribution >= 4 is 24.8 Å². The molecule has 30 heavy (non-hydrogen) atoms. The van der Waals surface area contributed by atoms with Gasteiger partial charge in [-0.1, -0.05) is 63.0 Å². The number of nitrogens with zero attached hydrogens (tertiary/aromatic N) is 1. The molecular formula is C25H31NO3Si. The lowest BCUT2D eigenvalue weighted by molar-refractivity contribution is 0.0808. The third kappa shape index (κ3) is 4.23. The smallest absolute Gasteiger partial charge is 0.180 e. The van der Waals surface area contributed by atoms with E-state index in [1.807, 2.05) is 41.0 Å². The van der Waals surface area contributed by atoms with E-state index in [1.165, 1.54) is 0 Å². The van der Waals surface area contributed by atoms with Crippen molar-refractivity contribution in [1.82, 2.24) is 4.57 Å². The first-order valence-electron chi connectivity index (χ1n) is 10.7. The van der Waals surface area contributed by atoms with Gasteiger partial charge in [0.25, 0.3) is 0 Å². The first kappa shape index (κ1) is 20.9. The van der Waals surface area contributed by atoms with Gasteiger partial charge in [-0.05, 0) is 24.2 Å². The van der Waals surface area contributed by atoms with Gasteiger partial charge in [-0.25, -0.2) is 0 Å². The van der Waals surface area contributed by atoms with E-state index in [-0.39, 0.29) is 11.2 Å². The third-order valence-electron chi connectivity index (χ3n) is 5.95. The Hall–Kier alpha value is -2.37. The van der Waals surface area contributed by atoms with Crippen LogP contribution >= 0.6 is 0 Å². The van der Waals surface area contributed by atoms with Crippen LogP contribution in [0, 0.1) is 0 Å². The summed E-state index contributed by atoms with van der Waals surface area (Å²) in [4.78, 5) is 13.5. The second-order valence-electron chi connectivity index (χ2n) is 9.81. The fourth-order valence-corrected chi connectivity index (χ4v) is 4.87. The number of benzene rings is 2. The largest absolute Gasteiger partial charge is 0.492 e. The number of carbonyl (C=O) groups is 1. The number of Topliss-reactive ketones (excluding diaryl/α,β-unsaturated/α-hetero) is 1. The van der Waals surface area contributed by atoms with Gasteiger partial charge >= 0.3 is 0 Å². The lowest BCUT2D eigenvalue weighted by Gasteiger charge is -2.22. The Balaban J connectivity index is 1.58. The van der Waals surface area contributed by atoms with E-state index in [9.17, 15) is 4.79 Å². The maximum Gasteiger partial charge on any atom is 0.180 e. The molecule has 5 heteroatoms. The molecule has 0 saturated heterocycles. The molecule has 0 saturated carbocycles. The first-order chi connectivity index (χ1) is 14.3. The number of aromatic nitrogens is 1. The molecule has 158 valence electrons. The van der Waals surface area contributed by atoms with E-state index in [4.69, 9.17) is 9.47 Å². The molecule has 1 unspecified atom stereocenters. The monoisotopic (exact) mass is 421 g/mol. The van der Waals surface area contributed by atoms with Crippen LogP contribution in [0.4, 0.5) is 0 Å². The van der Waals surface area contributed by atoms with Gasteiger partial charge in [0, 0.05) is 37.5 Å². The number of para-hydroxylation sites is 2. The molecule has 0 amide bonds. The van der Waals surface area contributed by atoms with Crippen molar-refractivity contribution in [3.8, 4) is 5.75 Å². The van der Waals surface area contributed by atoms with Crippen LogP contribution in [0.1, 0.15) is 29.4 Å². The van der Waals surface area contributed by atoms with Crippen LogP contribution in [-0.2, 0) is 16.9 Å². The summed E-state index contributed by atoms with van der Waals surface area (Å²) in [7, 11) is -1.15. The predicted octanol–water partition coefficient (Wildman–Crippen LogP) is 5.88. The van der Waals surface area contributed by atoms with Gasteiger partial charge in [0.05, 0.1) is 17.8 Å². The third-order valence-corrected chi connectivity index (χ3v) is 7.65. The molecule has 3 aromatic rings. The van der Waals surface area contributed by atoms with E-state index >= 15 is 0 Å². The molecule has 0 N–H and O–H groups in total. The molecule has 1 aliphatic rings. The molecule has 4 rings (SSSR count). The number of rotatable bonds is 8. The Morgan fingerprint density at radius 1 is 1.13 bits per heavy atom. The van der Waals surface area contributed by atoms with Gasteiger partial charge in [0.1, 0.15) is 12.5 Å². The summed E-state index contributed by atoms with van der Waals surface area (Å²) >= 11 is 0. The molecular weight excluding hydrogens is 390 g/mol. The van der Waals surface area contributed by atoms with Crippen LogP contribution in [0.25, 0.3) is 10.9 Å². The lowest BCUT2D eigenvalue weighted by Crippen LogP contribution is -2.28. The van der Waals surface area contributed by atoms with E-state index < -0.39 is 8.07 Å². The van der Waals surface area contributed by atoms with Crippen molar-refractivity contribution in [1.29, 1.82) is 0 Å². The SMILES string of the molecule is CC1(CC(=O)c2cc3ccccc3n2COCC[Si](C)(C)C)COc2ccccc21. The number of ether oxygens (including phenoxy) is 2. The highest BCUT2D eigenvalue weighted by atomic mass is 28.3. The Kier molecular flexibility index (Phi) is 5.60. The molecule has 0 fully saturated rings. The molecule has 4 nitrogen and oxygen atoms in total. The van der Waals surface area contributed by atoms with Crippen molar-refractivity contribution in [2.24, 2.45) is 0 Å². The number of hydrogen-bond donors (Lipinski definition) is 0. The van der Waals surface area contributed by atoms with Crippen LogP contribution < -0.4 is 4.74 Å². The minimum Gasteiger partial charge on any atom is -0.492 e. The normalized spacial score (nSPS) is 18.4. The minimum absolute atomic E-state index is 0.128. The number of hydrogen-bond acceptors (Lipinski definition) is 3. The summed E-state index contributed by atoms with van der Waals surface area (Å²) in [5, 5.41) is 1.07. The Bertz CT molecular complexity index is 1070. The van der Waals surface area contributed by atoms with E-state index in [2.05, 4.69) is 44.8 Å². The summed E-state index contributed by atoms with van der Waals surface area (Å²) in [5.74, 6) is 1.02. The molecule has 1 aliphatic heterocycles. The zero-order chi connectivity index (χ0) is 21.4. The quantitative estimate of drug-likeness (QED) is 0.259. The highest BCUT2D eigenvalue weighted by molar-refractivity contribution is 6.76. The maximum atomic E-state index is 13.5. The average molecular weight is 422 g/mol. The predicted molar refractivity (Wildman–Crippen MR) is 124 cm³/mol. The molecule has 0 aliphatic carbocycles. The Morgan fingerprint density at radius 3 is 2.67 bits per heavy atom. The van der Waals surface area contributed by atoms with Gasteiger partial charge in [0.15, 0.2) is 5.78 Å². The lowest BCUT2D eigenvalue weighted by atomic mass is 9.79. The average Bonchev–Trinajstić information content (AvgIpc) is 3.23. The summed E-state index contributed by atoms with van der Waals surface area (Å²) in [6.07, 6.45) is 0.412. The van der Waals surface area contributed by atoms with Gasteiger partial charge in [-0.3, -0.25) is 4.79 Å². The number of ketones is 1. The molecule has 1 aromatic heterocycles. The molecule has 0 bridgehead atoms. The van der Waals surface area contributed by atoms with Crippen LogP contribution in [0.2, 0.25) is 25.7 Å². The Morgan fingerprint density at radius 2 is 1.87 bits per heavy atom. The van der Waals surface area contributed by atoms with Crippen molar-refractivity contribution < 1.29 is 14.3 Å². The van der Waals surface area contributed by atoms with E-state index in [1.54, 1.807) is 0 Å². The van der Waals surface area contributed by atoms with Crippen LogP contribution in [-0.4, -0.2) is 31.6 Å². The second-order valence-corrected chi connectivity index (χ2v) is 15.4. The van der Waals surface area contributed by atoms with Crippen LogP contribution in [0.3, 0.4) is 0 Å². The minimum atomic E-state index is -1.15. The highest BCUT2D eigenvalue weighted by Gasteiger charge is 2.38. The van der Waals surface area contributed by atoms with Crippen molar-refractivity contribution in [3.05, 3.63) is 65.9 Å². The summed E-state index contributed by atoms with van der Waals surface area (Å²) < 4.78 is 13.9. The highest BCUT2D eigenvalue weighted by Crippen LogP contribution is 2.41. The van der Waals surface area contributed by atoms with Gasteiger partial charge in [-0.15, -0.1) is 0 Å². The number of fused-ring (bicyclic) bond motifs is 2. The zero-order valence-corrected chi connectivity index (χ0v) is 19.4. The van der Waals surface area contributed by atoms with Gasteiger partial charge in [-0.2, -0.15) is 0 Å². The molecule has 1 atom stereocenters. The van der Waals surface area contributed by atoms with Crippen molar-refractivity contribution in [3.63, 3.8) is 0 Å². The summed E-state index contributed by atoms with van der Waals surface area (Å²) in [5.41, 5.74) is 2.57.